The van der Waals surface area contributed by atoms with Gasteiger partial charge in [-0.25, -0.2) is 4.98 Å². The summed E-state index contributed by atoms with van der Waals surface area (Å²) < 4.78 is 0. The maximum atomic E-state index is 5.77. The highest BCUT2D eigenvalue weighted by molar-refractivity contribution is 5.84. The summed E-state index contributed by atoms with van der Waals surface area (Å²) in [6.07, 6.45) is 6.60. The Morgan fingerprint density at radius 2 is 2.22 bits per heavy atom. The van der Waals surface area contributed by atoms with Crippen LogP contribution in [0.15, 0.2) is 6.33 Å². The van der Waals surface area contributed by atoms with Crippen LogP contribution in [-0.2, 0) is 0 Å². The fourth-order valence-electron chi connectivity index (χ4n) is 2.63. The Morgan fingerprint density at radius 3 is 3.11 bits per heavy atom. The predicted octanol–water partition coefficient (Wildman–Crippen LogP) is 1.70. The molecule has 0 saturated carbocycles. The predicted molar refractivity (Wildman–Crippen MR) is 71.4 cm³/mol. The number of imidazole rings is 1. The maximum absolute atomic E-state index is 5.77. The van der Waals surface area contributed by atoms with Gasteiger partial charge in [-0.1, -0.05) is 12.8 Å². The van der Waals surface area contributed by atoms with Crippen molar-refractivity contribution in [3.8, 4) is 0 Å². The molecule has 0 aromatic carbocycles. The smallest absolute Gasteiger partial charge is 0.224 e. The van der Waals surface area contributed by atoms with Crippen LogP contribution < -0.4 is 10.6 Å². The number of hydrogen-bond acceptors (Lipinski definition) is 5. The normalized spacial score (nSPS) is 21.2. The Balaban J connectivity index is 2.08. The van der Waals surface area contributed by atoms with Gasteiger partial charge in [0.2, 0.25) is 5.95 Å². The lowest BCUT2D eigenvalue weighted by Crippen LogP contribution is -2.33. The first-order valence-corrected chi connectivity index (χ1v) is 6.49. The molecular formula is C12H18N6. The summed E-state index contributed by atoms with van der Waals surface area (Å²) in [7, 11) is 0. The van der Waals surface area contributed by atoms with Crippen LogP contribution in [0.4, 0.5) is 11.8 Å². The Labute approximate surface area is 106 Å². The number of nitrogen functional groups attached to an aromatic ring is 1. The van der Waals surface area contributed by atoms with E-state index in [1.807, 2.05) is 0 Å². The molecule has 18 heavy (non-hydrogen) atoms. The number of aromatic amines is 1. The molecule has 3 rings (SSSR count). The zero-order valence-electron chi connectivity index (χ0n) is 10.6. The van der Waals surface area contributed by atoms with E-state index in [2.05, 4.69) is 31.8 Å². The molecule has 2 aromatic heterocycles. The first-order chi connectivity index (χ1) is 8.75. The van der Waals surface area contributed by atoms with Crippen LogP contribution in [0.5, 0.6) is 0 Å². The van der Waals surface area contributed by atoms with Crippen molar-refractivity contribution in [2.75, 3.05) is 17.2 Å². The molecule has 96 valence electrons. The number of aromatic nitrogens is 4. The second-order valence-corrected chi connectivity index (χ2v) is 4.90. The summed E-state index contributed by atoms with van der Waals surface area (Å²) in [5.74, 6) is 1.19. The van der Waals surface area contributed by atoms with Gasteiger partial charge in [0.1, 0.15) is 5.52 Å². The van der Waals surface area contributed by atoms with Gasteiger partial charge >= 0.3 is 0 Å². The zero-order chi connectivity index (χ0) is 12.5. The Bertz CT molecular complexity index is 548. The van der Waals surface area contributed by atoms with Gasteiger partial charge in [-0.15, -0.1) is 0 Å². The highest BCUT2D eigenvalue weighted by Gasteiger charge is 2.22. The minimum absolute atomic E-state index is 0.293. The average molecular weight is 246 g/mol. The minimum Gasteiger partial charge on any atom is -0.368 e. The van der Waals surface area contributed by atoms with Crippen molar-refractivity contribution in [3.05, 3.63) is 6.33 Å². The second kappa shape index (κ2) is 4.44. The molecule has 1 atom stereocenters. The van der Waals surface area contributed by atoms with Crippen LogP contribution in [-0.4, -0.2) is 32.5 Å². The molecule has 0 aliphatic carbocycles. The molecule has 3 N–H and O–H groups in total. The molecule has 6 heteroatoms. The molecule has 6 nitrogen and oxygen atoms in total. The summed E-state index contributed by atoms with van der Waals surface area (Å²) >= 11 is 0. The van der Waals surface area contributed by atoms with Gasteiger partial charge in [0.15, 0.2) is 11.5 Å². The van der Waals surface area contributed by atoms with E-state index in [9.17, 15) is 0 Å². The lowest BCUT2D eigenvalue weighted by Gasteiger charge is -2.28. The number of anilines is 2. The van der Waals surface area contributed by atoms with E-state index in [-0.39, 0.29) is 0 Å². The van der Waals surface area contributed by atoms with E-state index in [1.165, 1.54) is 25.7 Å². The number of rotatable bonds is 1. The summed E-state index contributed by atoms with van der Waals surface area (Å²) in [6, 6.07) is 0.480. The topological polar surface area (TPSA) is 83.7 Å². The molecular weight excluding hydrogens is 228 g/mol. The standard InChI is InChI=1S/C12H18N6/c1-8-5-3-2-4-6-18(8)11-9-10(15-7-14-9)16-12(13)17-11/h7-8H,2-6H2,1H3,(H3,13,14,15,16,17). The molecule has 0 bridgehead atoms. The molecule has 1 saturated heterocycles. The van der Waals surface area contributed by atoms with Gasteiger partial charge in [0.05, 0.1) is 6.33 Å². The fourth-order valence-corrected chi connectivity index (χ4v) is 2.63. The van der Waals surface area contributed by atoms with Crippen LogP contribution in [0.3, 0.4) is 0 Å². The quantitative estimate of drug-likeness (QED) is 0.800. The van der Waals surface area contributed by atoms with Crippen molar-refractivity contribution in [1.82, 2.24) is 19.9 Å². The molecule has 0 spiro atoms. The third kappa shape index (κ3) is 1.87. The van der Waals surface area contributed by atoms with Crippen LogP contribution in [0.1, 0.15) is 32.6 Å². The molecule has 3 heterocycles. The molecule has 0 radical (unpaired) electrons. The summed E-state index contributed by atoms with van der Waals surface area (Å²) in [6.45, 7) is 3.26. The zero-order valence-corrected chi connectivity index (χ0v) is 10.6. The largest absolute Gasteiger partial charge is 0.368 e. The third-order valence-corrected chi connectivity index (χ3v) is 3.61. The fraction of sp³-hybridized carbons (Fsp3) is 0.583. The summed E-state index contributed by atoms with van der Waals surface area (Å²) in [5, 5.41) is 0. The molecule has 1 fully saturated rings. The van der Waals surface area contributed by atoms with Crippen LogP contribution in [0.25, 0.3) is 11.2 Å². The molecule has 2 aromatic rings. The third-order valence-electron chi connectivity index (χ3n) is 3.61. The van der Waals surface area contributed by atoms with E-state index in [0.29, 0.717) is 17.6 Å². The summed E-state index contributed by atoms with van der Waals surface area (Å²) in [4.78, 5) is 18.2. The van der Waals surface area contributed by atoms with Crippen LogP contribution in [0.2, 0.25) is 0 Å². The Hall–Kier alpha value is -1.85. The molecule has 1 unspecified atom stereocenters. The monoisotopic (exact) mass is 246 g/mol. The average Bonchev–Trinajstić information content (AvgIpc) is 2.70. The molecule has 1 aliphatic heterocycles. The van der Waals surface area contributed by atoms with Gasteiger partial charge in [0.25, 0.3) is 0 Å². The maximum Gasteiger partial charge on any atom is 0.224 e. The van der Waals surface area contributed by atoms with Crippen LogP contribution in [0, 0.1) is 0 Å². The minimum atomic E-state index is 0.293. The number of H-pyrrole nitrogens is 1. The first-order valence-electron chi connectivity index (χ1n) is 6.49. The van der Waals surface area contributed by atoms with Crippen LogP contribution >= 0.6 is 0 Å². The van der Waals surface area contributed by atoms with E-state index < -0.39 is 0 Å². The highest BCUT2D eigenvalue weighted by Crippen LogP contribution is 2.27. The second-order valence-electron chi connectivity index (χ2n) is 4.90. The Kier molecular flexibility index (Phi) is 2.77. The van der Waals surface area contributed by atoms with E-state index in [0.717, 1.165) is 17.9 Å². The number of hydrogen-bond donors (Lipinski definition) is 2. The lowest BCUT2D eigenvalue weighted by atomic mass is 10.1. The molecule has 0 amide bonds. The van der Waals surface area contributed by atoms with Crippen molar-refractivity contribution in [2.24, 2.45) is 0 Å². The van der Waals surface area contributed by atoms with Gasteiger partial charge in [0, 0.05) is 12.6 Å². The van der Waals surface area contributed by atoms with E-state index in [1.54, 1.807) is 6.33 Å². The van der Waals surface area contributed by atoms with Gasteiger partial charge < -0.3 is 15.6 Å². The SMILES string of the molecule is CC1CCCCCN1c1nc(N)nc2nc[nH]c12. The number of nitrogens with one attached hydrogen (secondary N) is 1. The number of nitrogens with two attached hydrogens (primary N) is 1. The van der Waals surface area contributed by atoms with Crippen molar-refractivity contribution < 1.29 is 0 Å². The van der Waals surface area contributed by atoms with Crippen molar-refractivity contribution in [1.29, 1.82) is 0 Å². The number of fused-ring (bicyclic) bond motifs is 1. The van der Waals surface area contributed by atoms with Crippen molar-refractivity contribution in [3.63, 3.8) is 0 Å². The Morgan fingerprint density at radius 1 is 1.33 bits per heavy atom. The molecule has 1 aliphatic rings. The van der Waals surface area contributed by atoms with Gasteiger partial charge in [-0.3, -0.25) is 0 Å². The lowest BCUT2D eigenvalue weighted by molar-refractivity contribution is 0.612. The van der Waals surface area contributed by atoms with E-state index in [4.69, 9.17) is 5.73 Å². The van der Waals surface area contributed by atoms with Crippen molar-refractivity contribution >= 4 is 22.9 Å². The number of nitrogens with zero attached hydrogens (tertiary/aromatic N) is 4. The summed E-state index contributed by atoms with van der Waals surface area (Å²) in [5.41, 5.74) is 7.31. The van der Waals surface area contributed by atoms with Gasteiger partial charge in [-0.2, -0.15) is 9.97 Å². The highest BCUT2D eigenvalue weighted by atomic mass is 15.2. The van der Waals surface area contributed by atoms with Gasteiger partial charge in [-0.05, 0) is 19.8 Å². The van der Waals surface area contributed by atoms with E-state index >= 15 is 0 Å². The first kappa shape index (κ1) is 11.3. The van der Waals surface area contributed by atoms with Crippen molar-refractivity contribution in [2.45, 2.75) is 38.6 Å².